The molecule has 0 radical (unpaired) electrons. The number of H-pyrrole nitrogens is 1. The van der Waals surface area contributed by atoms with Gasteiger partial charge in [-0.15, -0.1) is 0 Å². The molecule has 1 saturated heterocycles. The maximum atomic E-state index is 13.1. The minimum Gasteiger partial charge on any atom is -0.353 e. The zero-order valence-corrected chi connectivity index (χ0v) is 15.8. The summed E-state index contributed by atoms with van der Waals surface area (Å²) in [6.07, 6.45) is 1.28. The van der Waals surface area contributed by atoms with Gasteiger partial charge in [0.2, 0.25) is 5.91 Å². The fourth-order valence-corrected chi connectivity index (χ4v) is 3.51. The van der Waals surface area contributed by atoms with Crippen LogP contribution in [-0.2, 0) is 11.2 Å². The van der Waals surface area contributed by atoms with Crippen LogP contribution in [0.1, 0.15) is 17.5 Å². The van der Waals surface area contributed by atoms with Gasteiger partial charge in [0.15, 0.2) is 5.82 Å². The molecule has 2 aromatic carbocycles. The zero-order valence-electron chi connectivity index (χ0n) is 15.8. The first-order valence-corrected chi connectivity index (χ1v) is 9.48. The van der Waals surface area contributed by atoms with Crippen molar-refractivity contribution in [2.24, 2.45) is 0 Å². The van der Waals surface area contributed by atoms with E-state index >= 15 is 0 Å². The Labute approximate surface area is 163 Å². The Morgan fingerprint density at radius 2 is 1.96 bits per heavy atom. The molecule has 1 fully saturated rings. The van der Waals surface area contributed by atoms with Crippen LogP contribution in [0.5, 0.6) is 0 Å². The van der Waals surface area contributed by atoms with E-state index in [4.69, 9.17) is 0 Å². The van der Waals surface area contributed by atoms with Crippen molar-refractivity contribution in [2.45, 2.75) is 25.8 Å². The van der Waals surface area contributed by atoms with Gasteiger partial charge in [0.1, 0.15) is 5.82 Å². The van der Waals surface area contributed by atoms with E-state index in [9.17, 15) is 9.18 Å². The molecule has 0 spiro atoms. The van der Waals surface area contributed by atoms with Gasteiger partial charge in [-0.3, -0.25) is 9.89 Å². The molecule has 1 aliphatic heterocycles. The third-order valence-electron chi connectivity index (χ3n) is 5.08. The smallest absolute Gasteiger partial charge is 0.224 e. The van der Waals surface area contributed by atoms with E-state index < -0.39 is 0 Å². The Morgan fingerprint density at radius 3 is 2.71 bits per heavy atom. The van der Waals surface area contributed by atoms with E-state index in [0.717, 1.165) is 42.1 Å². The molecule has 0 saturated carbocycles. The van der Waals surface area contributed by atoms with Crippen LogP contribution in [0.25, 0.3) is 11.3 Å². The van der Waals surface area contributed by atoms with E-state index in [2.05, 4.69) is 20.4 Å². The third kappa shape index (κ3) is 4.22. The summed E-state index contributed by atoms with van der Waals surface area (Å²) in [7, 11) is 0. The second-order valence-corrected chi connectivity index (χ2v) is 7.31. The average molecular weight is 378 g/mol. The molecule has 144 valence electrons. The number of rotatable bonds is 5. The molecule has 2 heterocycles. The monoisotopic (exact) mass is 378 g/mol. The SMILES string of the molecule is Cc1ccc(CC(=O)NC2CCN(c3cc(-c4ccc(F)cc4)[nH]n3)C2)cc1. The average Bonchev–Trinajstić information content (AvgIpc) is 3.34. The van der Waals surface area contributed by atoms with E-state index in [1.54, 1.807) is 12.1 Å². The molecule has 1 aliphatic rings. The lowest BCUT2D eigenvalue weighted by atomic mass is 10.1. The number of anilines is 1. The van der Waals surface area contributed by atoms with Crippen molar-refractivity contribution in [1.82, 2.24) is 15.5 Å². The Morgan fingerprint density at radius 1 is 1.21 bits per heavy atom. The number of carbonyl (C=O) groups excluding carboxylic acids is 1. The first-order valence-electron chi connectivity index (χ1n) is 9.48. The van der Waals surface area contributed by atoms with Crippen molar-refractivity contribution in [2.75, 3.05) is 18.0 Å². The molecular formula is C22H23FN4O. The molecule has 1 aromatic heterocycles. The van der Waals surface area contributed by atoms with Gasteiger partial charge >= 0.3 is 0 Å². The van der Waals surface area contributed by atoms with E-state index in [1.807, 2.05) is 37.3 Å². The quantitative estimate of drug-likeness (QED) is 0.715. The lowest BCUT2D eigenvalue weighted by Gasteiger charge is -2.16. The topological polar surface area (TPSA) is 61.0 Å². The minimum absolute atomic E-state index is 0.0460. The largest absolute Gasteiger partial charge is 0.353 e. The second kappa shape index (κ2) is 7.84. The first-order chi connectivity index (χ1) is 13.6. The summed E-state index contributed by atoms with van der Waals surface area (Å²) >= 11 is 0. The Hall–Kier alpha value is -3.15. The number of benzene rings is 2. The van der Waals surface area contributed by atoms with E-state index in [-0.39, 0.29) is 17.8 Å². The van der Waals surface area contributed by atoms with Gasteiger partial charge in [-0.25, -0.2) is 4.39 Å². The van der Waals surface area contributed by atoms with Gasteiger partial charge in [-0.1, -0.05) is 29.8 Å². The lowest BCUT2D eigenvalue weighted by Crippen LogP contribution is -2.38. The molecule has 3 aromatic rings. The number of nitrogens with one attached hydrogen (secondary N) is 2. The summed E-state index contributed by atoms with van der Waals surface area (Å²) in [6, 6.07) is 16.4. The van der Waals surface area contributed by atoms with Gasteiger partial charge < -0.3 is 10.2 Å². The highest BCUT2D eigenvalue weighted by molar-refractivity contribution is 5.79. The van der Waals surface area contributed by atoms with Gasteiger partial charge in [-0.05, 0) is 48.7 Å². The maximum Gasteiger partial charge on any atom is 0.224 e. The number of hydrogen-bond donors (Lipinski definition) is 2. The first kappa shape index (κ1) is 18.2. The number of hydrogen-bond acceptors (Lipinski definition) is 3. The predicted molar refractivity (Wildman–Crippen MR) is 108 cm³/mol. The number of aryl methyl sites for hydroxylation is 1. The lowest BCUT2D eigenvalue weighted by molar-refractivity contribution is -0.121. The fraction of sp³-hybridized carbons (Fsp3) is 0.273. The molecule has 5 nitrogen and oxygen atoms in total. The number of carbonyl (C=O) groups is 1. The number of aromatic amines is 1. The molecule has 1 amide bonds. The summed E-state index contributed by atoms with van der Waals surface area (Å²) in [6.45, 7) is 3.60. The Balaban J connectivity index is 1.33. The molecule has 4 rings (SSSR count). The molecule has 1 unspecified atom stereocenters. The number of halogens is 1. The summed E-state index contributed by atoms with van der Waals surface area (Å²) in [5, 5.41) is 10.5. The molecule has 1 atom stereocenters. The van der Waals surface area contributed by atoms with E-state index in [0.29, 0.717) is 6.42 Å². The highest BCUT2D eigenvalue weighted by Gasteiger charge is 2.25. The molecule has 2 N–H and O–H groups in total. The Bertz CT molecular complexity index is 949. The van der Waals surface area contributed by atoms with E-state index in [1.165, 1.54) is 17.7 Å². The van der Waals surface area contributed by atoms with Gasteiger partial charge in [0.05, 0.1) is 12.1 Å². The van der Waals surface area contributed by atoms with Crippen LogP contribution in [0.15, 0.2) is 54.6 Å². The molecule has 28 heavy (non-hydrogen) atoms. The van der Waals surface area contributed by atoms with Crippen molar-refractivity contribution < 1.29 is 9.18 Å². The van der Waals surface area contributed by atoms with Gasteiger partial charge in [0.25, 0.3) is 0 Å². The zero-order chi connectivity index (χ0) is 19.5. The minimum atomic E-state index is -0.257. The van der Waals surface area contributed by atoms with Crippen LogP contribution in [-0.4, -0.2) is 35.2 Å². The third-order valence-corrected chi connectivity index (χ3v) is 5.08. The second-order valence-electron chi connectivity index (χ2n) is 7.31. The number of amides is 1. The molecule has 0 aliphatic carbocycles. The summed E-state index contributed by atoms with van der Waals surface area (Å²) in [4.78, 5) is 14.5. The van der Waals surface area contributed by atoms with Crippen LogP contribution < -0.4 is 10.2 Å². The highest BCUT2D eigenvalue weighted by atomic mass is 19.1. The molecule has 6 heteroatoms. The Kier molecular flexibility index (Phi) is 5.10. The number of aromatic nitrogens is 2. The van der Waals surface area contributed by atoms with Crippen LogP contribution in [0.3, 0.4) is 0 Å². The molecule has 0 bridgehead atoms. The van der Waals surface area contributed by atoms with Gasteiger partial charge in [0, 0.05) is 25.2 Å². The molecular weight excluding hydrogens is 355 g/mol. The van der Waals surface area contributed by atoms with Crippen LogP contribution in [0, 0.1) is 12.7 Å². The van der Waals surface area contributed by atoms with Crippen molar-refractivity contribution in [3.63, 3.8) is 0 Å². The standard InChI is InChI=1S/C22H23FN4O/c1-15-2-4-16(5-3-15)12-22(28)24-19-10-11-27(14-19)21-13-20(25-26-21)17-6-8-18(23)9-7-17/h2-9,13,19H,10-12,14H2,1H3,(H,24,28)(H,25,26). The van der Waals surface area contributed by atoms with Crippen LogP contribution in [0.4, 0.5) is 10.2 Å². The maximum absolute atomic E-state index is 13.1. The summed E-state index contributed by atoms with van der Waals surface area (Å²) in [5.41, 5.74) is 3.95. The number of nitrogens with zero attached hydrogens (tertiary/aromatic N) is 2. The summed E-state index contributed by atoms with van der Waals surface area (Å²) < 4.78 is 13.1. The van der Waals surface area contributed by atoms with Crippen molar-refractivity contribution >= 4 is 11.7 Å². The fourth-order valence-electron chi connectivity index (χ4n) is 3.51. The van der Waals surface area contributed by atoms with Crippen LogP contribution in [0.2, 0.25) is 0 Å². The normalized spacial score (nSPS) is 16.4. The van der Waals surface area contributed by atoms with Crippen molar-refractivity contribution in [3.05, 3.63) is 71.5 Å². The summed E-state index contributed by atoms with van der Waals surface area (Å²) in [5.74, 6) is 0.631. The van der Waals surface area contributed by atoms with Crippen molar-refractivity contribution in [1.29, 1.82) is 0 Å². The van der Waals surface area contributed by atoms with Crippen molar-refractivity contribution in [3.8, 4) is 11.3 Å². The van der Waals surface area contributed by atoms with Crippen LogP contribution >= 0.6 is 0 Å². The highest BCUT2D eigenvalue weighted by Crippen LogP contribution is 2.24. The van der Waals surface area contributed by atoms with Gasteiger partial charge in [-0.2, -0.15) is 5.10 Å². The predicted octanol–water partition coefficient (Wildman–Crippen LogP) is 3.46.